The lowest BCUT2D eigenvalue weighted by Gasteiger charge is -2.27. The molecule has 2 atom stereocenters. The highest BCUT2D eigenvalue weighted by molar-refractivity contribution is 7.89. The van der Waals surface area contributed by atoms with Crippen molar-refractivity contribution >= 4 is 18.0 Å². The summed E-state index contributed by atoms with van der Waals surface area (Å²) in [6, 6.07) is 14.4. The van der Waals surface area contributed by atoms with Gasteiger partial charge in [-0.25, -0.2) is 0 Å². The predicted molar refractivity (Wildman–Crippen MR) is 125 cm³/mol. The SMILES string of the molecule is CNOSO/C=C/C=C\C(=N)C(c1cccnc1)C(c1ccccn1)c1cccc(=O)[nH]1. The lowest BCUT2D eigenvalue weighted by molar-refractivity contribution is 0.246. The molecule has 3 heterocycles. The van der Waals surface area contributed by atoms with Crippen LogP contribution in [-0.4, -0.2) is 27.7 Å². The summed E-state index contributed by atoms with van der Waals surface area (Å²) < 4.78 is 9.85. The zero-order valence-corrected chi connectivity index (χ0v) is 18.2. The first-order valence-corrected chi connectivity index (χ1v) is 10.4. The standard InChI is InChI=1S/C23H23N5O3S/c1-25-31-32-30-15-5-3-9-18(24)22(17-8-7-13-26-16-17)23(19-10-2-4-14-27-19)20-11-6-12-21(29)28-20/h2-16,22-25H,1H3,(H,28,29)/b9-3-,15-5+,24-18?. The molecule has 3 aromatic rings. The van der Waals surface area contributed by atoms with Crippen LogP contribution in [0, 0.1) is 5.41 Å². The minimum atomic E-state index is -0.441. The molecule has 0 fully saturated rings. The van der Waals surface area contributed by atoms with Crippen LogP contribution in [0.3, 0.4) is 0 Å². The molecule has 9 heteroatoms. The Morgan fingerprint density at radius 1 is 1.16 bits per heavy atom. The first-order chi connectivity index (χ1) is 15.7. The smallest absolute Gasteiger partial charge is 0.248 e. The van der Waals surface area contributed by atoms with Crippen molar-refractivity contribution in [3.63, 3.8) is 0 Å². The summed E-state index contributed by atoms with van der Waals surface area (Å²) in [4.78, 5) is 23.8. The summed E-state index contributed by atoms with van der Waals surface area (Å²) in [5.74, 6) is -0.838. The highest BCUT2D eigenvalue weighted by atomic mass is 32.2. The van der Waals surface area contributed by atoms with E-state index in [0.29, 0.717) is 11.4 Å². The van der Waals surface area contributed by atoms with Gasteiger partial charge in [-0.05, 0) is 42.0 Å². The van der Waals surface area contributed by atoms with Crippen molar-refractivity contribution in [1.82, 2.24) is 20.4 Å². The summed E-state index contributed by atoms with van der Waals surface area (Å²) in [5.41, 5.74) is 4.82. The second-order valence-electron chi connectivity index (χ2n) is 6.56. The van der Waals surface area contributed by atoms with Crippen molar-refractivity contribution < 1.29 is 8.47 Å². The molecule has 0 saturated carbocycles. The third-order valence-electron chi connectivity index (χ3n) is 4.52. The molecular weight excluding hydrogens is 426 g/mol. The van der Waals surface area contributed by atoms with E-state index in [1.807, 2.05) is 36.4 Å². The van der Waals surface area contributed by atoms with Crippen LogP contribution < -0.4 is 11.0 Å². The number of nitrogens with zero attached hydrogens (tertiary/aromatic N) is 2. The molecule has 0 radical (unpaired) electrons. The number of rotatable bonds is 11. The third-order valence-corrected chi connectivity index (χ3v) is 4.95. The lowest BCUT2D eigenvalue weighted by atomic mass is 9.78. The van der Waals surface area contributed by atoms with Gasteiger partial charge < -0.3 is 14.6 Å². The summed E-state index contributed by atoms with van der Waals surface area (Å²) >= 11 is 0.780. The van der Waals surface area contributed by atoms with E-state index in [-0.39, 0.29) is 5.56 Å². The zero-order chi connectivity index (χ0) is 22.6. The van der Waals surface area contributed by atoms with Crippen LogP contribution in [0.4, 0.5) is 0 Å². The van der Waals surface area contributed by atoms with E-state index in [1.54, 1.807) is 49.9 Å². The van der Waals surface area contributed by atoms with E-state index in [4.69, 9.17) is 13.9 Å². The Hall–Kier alpha value is -3.53. The predicted octanol–water partition coefficient (Wildman–Crippen LogP) is 3.90. The Morgan fingerprint density at radius 3 is 2.78 bits per heavy atom. The molecular formula is C23H23N5O3S. The maximum Gasteiger partial charge on any atom is 0.248 e. The first-order valence-electron chi connectivity index (χ1n) is 9.78. The minimum absolute atomic E-state index is 0.211. The number of aromatic nitrogens is 3. The normalized spacial score (nSPS) is 13.3. The Morgan fingerprint density at radius 2 is 2.06 bits per heavy atom. The topological polar surface area (TPSA) is 113 Å². The number of nitrogens with one attached hydrogen (secondary N) is 3. The van der Waals surface area contributed by atoms with E-state index in [1.165, 1.54) is 12.3 Å². The molecule has 0 aromatic carbocycles. The minimum Gasteiger partial charge on any atom is -0.407 e. The fourth-order valence-corrected chi connectivity index (χ4v) is 3.46. The van der Waals surface area contributed by atoms with Crippen LogP contribution in [0.15, 0.2) is 96.4 Å². The summed E-state index contributed by atoms with van der Waals surface area (Å²) in [6.07, 6.45) is 11.6. The van der Waals surface area contributed by atoms with Crippen molar-refractivity contribution in [3.8, 4) is 0 Å². The van der Waals surface area contributed by atoms with Crippen LogP contribution >= 0.6 is 12.3 Å². The second-order valence-corrected chi connectivity index (χ2v) is 7.06. The van der Waals surface area contributed by atoms with Gasteiger partial charge in [-0.2, -0.15) is 9.76 Å². The molecule has 0 saturated heterocycles. The quantitative estimate of drug-likeness (QED) is 0.102. The summed E-state index contributed by atoms with van der Waals surface area (Å²) in [7, 11) is 1.62. The monoisotopic (exact) mass is 449 g/mol. The van der Waals surface area contributed by atoms with Crippen molar-refractivity contribution in [1.29, 1.82) is 5.41 Å². The number of allylic oxidation sites excluding steroid dienone is 3. The van der Waals surface area contributed by atoms with Crippen LogP contribution in [0.5, 0.6) is 0 Å². The maximum atomic E-state index is 12.1. The Balaban J connectivity index is 1.98. The lowest BCUT2D eigenvalue weighted by Crippen LogP contribution is -2.23. The highest BCUT2D eigenvalue weighted by Gasteiger charge is 2.31. The molecule has 3 rings (SSSR count). The summed E-state index contributed by atoms with van der Waals surface area (Å²) in [5, 5.41) is 8.86. The van der Waals surface area contributed by atoms with Crippen molar-refractivity contribution in [2.24, 2.45) is 0 Å². The molecule has 3 N–H and O–H groups in total. The van der Waals surface area contributed by atoms with Crippen LogP contribution in [0.2, 0.25) is 0 Å². The maximum absolute atomic E-state index is 12.1. The van der Waals surface area contributed by atoms with Gasteiger partial charge >= 0.3 is 0 Å². The number of hydrogen-bond donors (Lipinski definition) is 3. The van der Waals surface area contributed by atoms with Crippen molar-refractivity contribution in [3.05, 3.63) is 119 Å². The molecule has 0 bridgehead atoms. The number of pyridine rings is 3. The van der Waals surface area contributed by atoms with Gasteiger partial charge in [0.15, 0.2) is 0 Å². The molecule has 0 aliphatic rings. The third kappa shape index (κ3) is 6.48. The average Bonchev–Trinajstić information content (AvgIpc) is 2.83. The molecule has 164 valence electrons. The van der Waals surface area contributed by atoms with Gasteiger partial charge in [0.2, 0.25) is 17.9 Å². The van der Waals surface area contributed by atoms with Gasteiger partial charge in [0, 0.05) is 49.0 Å². The van der Waals surface area contributed by atoms with Gasteiger partial charge in [-0.15, -0.1) is 0 Å². The number of aromatic amines is 1. The average molecular weight is 450 g/mol. The molecule has 32 heavy (non-hydrogen) atoms. The molecule has 3 aromatic heterocycles. The van der Waals surface area contributed by atoms with Gasteiger partial charge in [0.1, 0.15) is 6.26 Å². The Labute approximate surface area is 190 Å². The van der Waals surface area contributed by atoms with E-state index in [9.17, 15) is 4.79 Å². The first kappa shape index (κ1) is 23.1. The molecule has 2 unspecified atom stereocenters. The molecule has 0 aliphatic carbocycles. The molecule has 0 spiro atoms. The fourth-order valence-electron chi connectivity index (χ4n) is 3.24. The zero-order valence-electron chi connectivity index (χ0n) is 17.3. The number of hydroxylamine groups is 1. The van der Waals surface area contributed by atoms with Gasteiger partial charge in [-0.3, -0.25) is 14.8 Å². The van der Waals surface area contributed by atoms with Crippen molar-refractivity contribution in [2.75, 3.05) is 7.05 Å². The fraction of sp³-hybridized carbons (Fsp3) is 0.130. The molecule has 0 aliphatic heterocycles. The number of H-pyrrole nitrogens is 1. The van der Waals surface area contributed by atoms with E-state index < -0.39 is 11.8 Å². The molecule has 0 amide bonds. The largest absolute Gasteiger partial charge is 0.407 e. The van der Waals surface area contributed by atoms with E-state index >= 15 is 0 Å². The van der Waals surface area contributed by atoms with Crippen LogP contribution in [0.25, 0.3) is 0 Å². The summed E-state index contributed by atoms with van der Waals surface area (Å²) in [6.45, 7) is 0. The molecule has 8 nitrogen and oxygen atoms in total. The van der Waals surface area contributed by atoms with Gasteiger partial charge in [0.25, 0.3) is 0 Å². The van der Waals surface area contributed by atoms with Crippen LogP contribution in [-0.2, 0) is 8.47 Å². The second kappa shape index (κ2) is 12.4. The van der Waals surface area contributed by atoms with Crippen molar-refractivity contribution in [2.45, 2.75) is 11.8 Å². The van der Waals surface area contributed by atoms with Gasteiger partial charge in [-0.1, -0.05) is 24.3 Å². The van der Waals surface area contributed by atoms with Gasteiger partial charge in [0.05, 0.1) is 11.6 Å². The van der Waals surface area contributed by atoms with Crippen LogP contribution in [0.1, 0.15) is 28.8 Å². The number of hydrogen-bond acceptors (Lipinski definition) is 8. The van der Waals surface area contributed by atoms with E-state index in [2.05, 4.69) is 20.4 Å². The van der Waals surface area contributed by atoms with E-state index in [0.717, 1.165) is 23.6 Å². The Kier molecular flexibility index (Phi) is 8.93. The highest BCUT2D eigenvalue weighted by Crippen LogP contribution is 2.37. The Bertz CT molecular complexity index is 1100.